The largest absolute Gasteiger partial charge is 0.490 e. The third-order valence-corrected chi connectivity index (χ3v) is 2.89. The summed E-state index contributed by atoms with van der Waals surface area (Å²) in [5, 5.41) is 9.30. The molecule has 0 saturated carbocycles. The zero-order valence-corrected chi connectivity index (χ0v) is 11.5. The summed E-state index contributed by atoms with van der Waals surface area (Å²) in [5.41, 5.74) is 1.06. The van der Waals surface area contributed by atoms with Crippen molar-refractivity contribution in [2.75, 3.05) is 24.7 Å². The third-order valence-electron chi connectivity index (χ3n) is 2.89. The van der Waals surface area contributed by atoms with Crippen molar-refractivity contribution in [1.82, 2.24) is 0 Å². The van der Waals surface area contributed by atoms with Gasteiger partial charge < -0.3 is 14.6 Å². The number of aliphatic hydroxyl groups is 1. The Labute approximate surface area is 116 Å². The Kier molecular flexibility index (Phi) is 4.24. The second-order valence-electron chi connectivity index (χ2n) is 4.50. The van der Waals surface area contributed by atoms with E-state index in [0.717, 1.165) is 0 Å². The van der Waals surface area contributed by atoms with Gasteiger partial charge in [-0.15, -0.1) is 0 Å². The second-order valence-corrected chi connectivity index (χ2v) is 4.50. The molecule has 1 aliphatic rings. The van der Waals surface area contributed by atoms with Crippen molar-refractivity contribution >= 4 is 17.4 Å². The molecule has 6 heteroatoms. The topological polar surface area (TPSA) is 76.1 Å². The van der Waals surface area contributed by atoms with E-state index in [2.05, 4.69) is 0 Å². The zero-order valence-electron chi connectivity index (χ0n) is 11.5. The molecule has 0 aliphatic carbocycles. The number of ketones is 1. The molecule has 1 N–H and O–H groups in total. The highest BCUT2D eigenvalue weighted by molar-refractivity contribution is 6.02. The minimum atomic E-state index is -0.287. The molecule has 1 amide bonds. The summed E-state index contributed by atoms with van der Waals surface area (Å²) in [7, 11) is 0. The van der Waals surface area contributed by atoms with E-state index in [1.165, 1.54) is 11.8 Å². The number of rotatable bonds is 5. The summed E-state index contributed by atoms with van der Waals surface area (Å²) in [4.78, 5) is 24.6. The van der Waals surface area contributed by atoms with Crippen LogP contribution in [0.1, 0.15) is 19.4 Å². The van der Waals surface area contributed by atoms with Crippen molar-refractivity contribution in [2.24, 2.45) is 0 Å². The smallest absolute Gasteiger partial charge is 0.265 e. The Bertz CT molecular complexity index is 541. The van der Waals surface area contributed by atoms with Crippen LogP contribution in [0, 0.1) is 0 Å². The molecule has 0 bridgehead atoms. The van der Waals surface area contributed by atoms with Gasteiger partial charge in [-0.1, -0.05) is 0 Å². The first kappa shape index (κ1) is 14.3. The molecule has 1 heterocycles. The maximum atomic E-state index is 11.9. The highest BCUT2D eigenvalue weighted by Crippen LogP contribution is 2.41. The summed E-state index contributed by atoms with van der Waals surface area (Å²) in [6, 6.07) is 3.31. The monoisotopic (exact) mass is 279 g/mol. The molecule has 0 atom stereocenters. The first-order valence-electron chi connectivity index (χ1n) is 6.40. The number of hydrogen-bond acceptors (Lipinski definition) is 5. The molecule has 0 spiro atoms. The van der Waals surface area contributed by atoms with E-state index in [9.17, 15) is 14.7 Å². The van der Waals surface area contributed by atoms with Crippen molar-refractivity contribution < 1.29 is 24.2 Å². The SMILES string of the molecule is CCOc1cc(CO)cc2c1OCC(=O)N2CC(C)=O. The molecule has 0 aromatic heterocycles. The Balaban J connectivity index is 2.51. The van der Waals surface area contributed by atoms with Crippen LogP contribution in [-0.2, 0) is 16.2 Å². The Morgan fingerprint density at radius 2 is 2.25 bits per heavy atom. The predicted molar refractivity (Wildman–Crippen MR) is 72.1 cm³/mol. The first-order valence-corrected chi connectivity index (χ1v) is 6.40. The van der Waals surface area contributed by atoms with Crippen molar-refractivity contribution in [3.8, 4) is 11.5 Å². The van der Waals surface area contributed by atoms with E-state index in [-0.39, 0.29) is 31.4 Å². The fourth-order valence-corrected chi connectivity index (χ4v) is 2.08. The summed E-state index contributed by atoms with van der Waals surface area (Å²) >= 11 is 0. The molecule has 0 unspecified atom stereocenters. The summed E-state index contributed by atoms with van der Waals surface area (Å²) in [5.74, 6) is 0.490. The number of Topliss-reactive ketones (excluding diaryl/α,β-unsaturated/α-hetero) is 1. The molecular weight excluding hydrogens is 262 g/mol. The maximum absolute atomic E-state index is 11.9. The van der Waals surface area contributed by atoms with Crippen LogP contribution in [0.15, 0.2) is 12.1 Å². The van der Waals surface area contributed by atoms with Gasteiger partial charge in [0.25, 0.3) is 5.91 Å². The molecule has 0 saturated heterocycles. The number of amides is 1. The van der Waals surface area contributed by atoms with E-state index < -0.39 is 0 Å². The van der Waals surface area contributed by atoms with Gasteiger partial charge in [-0.2, -0.15) is 0 Å². The fourth-order valence-electron chi connectivity index (χ4n) is 2.08. The number of anilines is 1. The lowest BCUT2D eigenvalue weighted by atomic mass is 10.1. The van der Waals surface area contributed by atoms with Gasteiger partial charge in [0.1, 0.15) is 5.78 Å². The van der Waals surface area contributed by atoms with Crippen molar-refractivity contribution in [3.05, 3.63) is 17.7 Å². The Morgan fingerprint density at radius 1 is 1.50 bits per heavy atom. The van der Waals surface area contributed by atoms with E-state index in [4.69, 9.17) is 9.47 Å². The van der Waals surface area contributed by atoms with Gasteiger partial charge in [0.2, 0.25) is 0 Å². The number of carbonyl (C=O) groups excluding carboxylic acids is 2. The molecule has 0 radical (unpaired) electrons. The number of benzene rings is 1. The molecule has 1 aliphatic heterocycles. The molecule has 20 heavy (non-hydrogen) atoms. The normalized spacial score (nSPS) is 13.8. The molecule has 2 rings (SSSR count). The van der Waals surface area contributed by atoms with Gasteiger partial charge in [-0.25, -0.2) is 0 Å². The standard InChI is InChI=1S/C14H17NO5/c1-3-19-12-5-10(7-16)4-11-14(12)20-8-13(18)15(11)6-9(2)17/h4-5,16H,3,6-8H2,1-2H3. The zero-order chi connectivity index (χ0) is 14.7. The van der Waals surface area contributed by atoms with Gasteiger partial charge >= 0.3 is 0 Å². The fraction of sp³-hybridized carbons (Fsp3) is 0.429. The molecule has 108 valence electrons. The van der Waals surface area contributed by atoms with Crippen LogP contribution in [-0.4, -0.2) is 36.6 Å². The van der Waals surface area contributed by atoms with Crippen LogP contribution in [0.4, 0.5) is 5.69 Å². The molecule has 0 fully saturated rings. The van der Waals surface area contributed by atoms with Gasteiger partial charge in [-0.3, -0.25) is 14.5 Å². The second kappa shape index (κ2) is 5.92. The van der Waals surface area contributed by atoms with Crippen LogP contribution < -0.4 is 14.4 Å². The van der Waals surface area contributed by atoms with Crippen molar-refractivity contribution in [3.63, 3.8) is 0 Å². The Hall–Kier alpha value is -2.08. The number of nitrogens with zero attached hydrogens (tertiary/aromatic N) is 1. The summed E-state index contributed by atoms with van der Waals surface area (Å²) < 4.78 is 10.9. The summed E-state index contributed by atoms with van der Waals surface area (Å²) in [6.07, 6.45) is 0. The summed E-state index contributed by atoms with van der Waals surface area (Å²) in [6.45, 7) is 3.36. The molecule has 1 aromatic rings. The predicted octanol–water partition coefficient (Wildman–Crippen LogP) is 0.892. The maximum Gasteiger partial charge on any atom is 0.265 e. The number of fused-ring (bicyclic) bond motifs is 1. The van der Waals surface area contributed by atoms with Crippen LogP contribution in [0.25, 0.3) is 0 Å². The third kappa shape index (κ3) is 2.75. The minimum Gasteiger partial charge on any atom is -0.490 e. The van der Waals surface area contributed by atoms with Crippen LogP contribution >= 0.6 is 0 Å². The van der Waals surface area contributed by atoms with E-state index in [0.29, 0.717) is 29.4 Å². The molecule has 6 nitrogen and oxygen atoms in total. The van der Waals surface area contributed by atoms with Gasteiger partial charge in [0, 0.05) is 0 Å². The minimum absolute atomic E-state index is 0.0182. The van der Waals surface area contributed by atoms with Crippen LogP contribution in [0.3, 0.4) is 0 Å². The lowest BCUT2D eigenvalue weighted by Gasteiger charge is -2.30. The van der Waals surface area contributed by atoms with Crippen molar-refractivity contribution in [1.29, 1.82) is 0 Å². The lowest BCUT2D eigenvalue weighted by molar-refractivity contribution is -0.124. The Morgan fingerprint density at radius 3 is 2.85 bits per heavy atom. The van der Waals surface area contributed by atoms with Crippen LogP contribution in [0.2, 0.25) is 0 Å². The number of aliphatic hydroxyl groups excluding tert-OH is 1. The quantitative estimate of drug-likeness (QED) is 0.866. The lowest BCUT2D eigenvalue weighted by Crippen LogP contribution is -2.41. The van der Waals surface area contributed by atoms with Gasteiger partial charge in [0.15, 0.2) is 18.1 Å². The van der Waals surface area contributed by atoms with E-state index in [1.807, 2.05) is 6.92 Å². The van der Waals surface area contributed by atoms with Crippen molar-refractivity contribution in [2.45, 2.75) is 20.5 Å². The average Bonchev–Trinajstić information content (AvgIpc) is 2.41. The van der Waals surface area contributed by atoms with E-state index in [1.54, 1.807) is 12.1 Å². The highest BCUT2D eigenvalue weighted by Gasteiger charge is 2.29. The number of carbonyl (C=O) groups is 2. The van der Waals surface area contributed by atoms with Gasteiger partial charge in [0.05, 0.1) is 25.4 Å². The molecular formula is C14H17NO5. The van der Waals surface area contributed by atoms with Gasteiger partial charge in [-0.05, 0) is 31.5 Å². The number of hydrogen-bond donors (Lipinski definition) is 1. The van der Waals surface area contributed by atoms with E-state index >= 15 is 0 Å². The molecule has 1 aromatic carbocycles. The van der Waals surface area contributed by atoms with Crippen LogP contribution in [0.5, 0.6) is 11.5 Å². The highest BCUT2D eigenvalue weighted by atomic mass is 16.5. The average molecular weight is 279 g/mol. The first-order chi connectivity index (χ1) is 9.56. The number of ether oxygens (including phenoxy) is 2.